The van der Waals surface area contributed by atoms with E-state index in [9.17, 15) is 13.2 Å². The third-order valence-electron chi connectivity index (χ3n) is 5.31. The number of hydrogen-bond donors (Lipinski definition) is 1. The summed E-state index contributed by atoms with van der Waals surface area (Å²) in [6, 6.07) is 5.84. The van der Waals surface area contributed by atoms with Gasteiger partial charge in [-0.2, -0.15) is 0 Å². The highest BCUT2D eigenvalue weighted by Crippen LogP contribution is 2.31. The molecule has 3 aromatic rings. The Morgan fingerprint density at radius 1 is 1.26 bits per heavy atom. The van der Waals surface area contributed by atoms with Crippen molar-refractivity contribution in [2.45, 2.75) is 19.4 Å². The molecule has 0 saturated carbocycles. The van der Waals surface area contributed by atoms with Crippen LogP contribution in [0, 0.1) is 5.82 Å². The molecule has 1 aliphatic heterocycles. The Bertz CT molecular complexity index is 1140. The van der Waals surface area contributed by atoms with Crippen LogP contribution in [-0.2, 0) is 6.54 Å². The van der Waals surface area contributed by atoms with Crippen LogP contribution in [0.4, 0.5) is 19.0 Å². The number of rotatable bonds is 6. The minimum atomic E-state index is -2.87. The molecule has 0 amide bonds. The monoisotopic (exact) mass is 429 g/mol. The van der Waals surface area contributed by atoms with Crippen molar-refractivity contribution in [1.82, 2.24) is 19.9 Å². The number of fused-ring (bicyclic) bond motifs is 1. The number of nitrogens with one attached hydrogen (secondary N) is 1. The smallest absolute Gasteiger partial charge is 0.266 e. The topological polar surface area (TPSA) is 63.2 Å². The molecule has 0 aliphatic carbocycles. The summed E-state index contributed by atoms with van der Waals surface area (Å²) in [4.78, 5) is 15.4. The molecule has 0 atom stereocenters. The van der Waals surface area contributed by atoms with Gasteiger partial charge in [-0.25, -0.2) is 28.1 Å². The molecule has 9 heteroatoms. The Morgan fingerprint density at radius 2 is 2.10 bits per heavy atom. The van der Waals surface area contributed by atoms with Gasteiger partial charge in [0.05, 0.1) is 23.8 Å². The SMILES string of the molecule is COc1nc(C2=CCN(C)CC2)cc2c(NCc3cccc(C(F)F)c3F)ncnc12. The summed E-state index contributed by atoms with van der Waals surface area (Å²) in [5, 5.41) is 3.71. The summed E-state index contributed by atoms with van der Waals surface area (Å²) in [6.07, 6.45) is 1.45. The molecule has 3 heterocycles. The number of alkyl halides is 2. The molecule has 1 N–H and O–H groups in total. The maximum absolute atomic E-state index is 14.4. The molecule has 2 aromatic heterocycles. The van der Waals surface area contributed by atoms with Crippen molar-refractivity contribution >= 4 is 22.3 Å². The molecule has 162 valence electrons. The van der Waals surface area contributed by atoms with Gasteiger partial charge in [-0.3, -0.25) is 0 Å². The number of benzene rings is 1. The van der Waals surface area contributed by atoms with Crippen molar-refractivity contribution in [3.8, 4) is 5.88 Å². The number of nitrogens with zero attached hydrogens (tertiary/aromatic N) is 4. The van der Waals surface area contributed by atoms with E-state index in [0.29, 0.717) is 22.6 Å². The third kappa shape index (κ3) is 4.32. The van der Waals surface area contributed by atoms with Gasteiger partial charge in [0.1, 0.15) is 23.5 Å². The van der Waals surface area contributed by atoms with Crippen LogP contribution in [0.15, 0.2) is 36.7 Å². The van der Waals surface area contributed by atoms with Gasteiger partial charge in [0.25, 0.3) is 6.43 Å². The molecule has 1 aliphatic rings. The minimum Gasteiger partial charge on any atom is -0.479 e. The molecule has 0 fully saturated rings. The first-order valence-electron chi connectivity index (χ1n) is 9.85. The van der Waals surface area contributed by atoms with Crippen LogP contribution in [0.5, 0.6) is 5.88 Å². The van der Waals surface area contributed by atoms with Crippen LogP contribution >= 0.6 is 0 Å². The zero-order chi connectivity index (χ0) is 22.0. The van der Waals surface area contributed by atoms with Crippen LogP contribution in [0.25, 0.3) is 16.5 Å². The lowest BCUT2D eigenvalue weighted by molar-refractivity contribution is 0.146. The molecule has 4 rings (SSSR count). The Kier molecular flexibility index (Phi) is 6.03. The van der Waals surface area contributed by atoms with E-state index in [1.54, 1.807) is 0 Å². The van der Waals surface area contributed by atoms with Crippen molar-refractivity contribution in [2.24, 2.45) is 0 Å². The predicted octanol–water partition coefficient (Wildman–Crippen LogP) is 4.44. The van der Waals surface area contributed by atoms with Crippen LogP contribution in [0.1, 0.15) is 29.7 Å². The van der Waals surface area contributed by atoms with E-state index < -0.39 is 17.8 Å². The second-order valence-corrected chi connectivity index (χ2v) is 7.35. The Balaban J connectivity index is 1.70. The number of methoxy groups -OCH3 is 1. The molecular formula is C22H22F3N5O. The molecule has 0 saturated heterocycles. The molecule has 31 heavy (non-hydrogen) atoms. The quantitative estimate of drug-likeness (QED) is 0.625. The summed E-state index contributed by atoms with van der Waals surface area (Å²) < 4.78 is 45.8. The average Bonchev–Trinajstić information content (AvgIpc) is 2.78. The van der Waals surface area contributed by atoms with E-state index in [-0.39, 0.29) is 12.1 Å². The predicted molar refractivity (Wildman–Crippen MR) is 113 cm³/mol. The van der Waals surface area contributed by atoms with Gasteiger partial charge < -0.3 is 15.0 Å². The normalized spacial score (nSPS) is 14.7. The molecule has 0 radical (unpaired) electrons. The highest BCUT2D eigenvalue weighted by molar-refractivity contribution is 5.93. The molecule has 0 unspecified atom stereocenters. The molecule has 6 nitrogen and oxygen atoms in total. The van der Waals surface area contributed by atoms with Crippen LogP contribution in [0.2, 0.25) is 0 Å². The molecule has 0 spiro atoms. The zero-order valence-electron chi connectivity index (χ0n) is 17.2. The number of pyridine rings is 1. The first-order chi connectivity index (χ1) is 15.0. The largest absolute Gasteiger partial charge is 0.479 e. The Hall–Kier alpha value is -3.20. The maximum atomic E-state index is 14.4. The van der Waals surface area contributed by atoms with Crippen molar-refractivity contribution in [2.75, 3.05) is 32.6 Å². The number of aromatic nitrogens is 3. The summed E-state index contributed by atoms with van der Waals surface area (Å²) in [6.45, 7) is 1.74. The van der Waals surface area contributed by atoms with Crippen molar-refractivity contribution in [3.05, 3.63) is 59.3 Å². The van der Waals surface area contributed by atoms with Crippen LogP contribution in [-0.4, -0.2) is 47.1 Å². The number of hydrogen-bond acceptors (Lipinski definition) is 6. The minimum absolute atomic E-state index is 0.00797. The number of ether oxygens (including phenoxy) is 1. The fourth-order valence-electron chi connectivity index (χ4n) is 3.57. The number of likely N-dealkylation sites (N-methyl/N-ethyl adjacent to an activating group) is 1. The summed E-state index contributed by atoms with van der Waals surface area (Å²) in [7, 11) is 3.58. The van der Waals surface area contributed by atoms with E-state index in [1.165, 1.54) is 25.6 Å². The van der Waals surface area contributed by atoms with E-state index in [1.807, 2.05) is 6.07 Å². The van der Waals surface area contributed by atoms with Gasteiger partial charge in [0.15, 0.2) is 0 Å². The lowest BCUT2D eigenvalue weighted by Crippen LogP contribution is -2.23. The highest BCUT2D eigenvalue weighted by atomic mass is 19.3. The zero-order valence-corrected chi connectivity index (χ0v) is 17.2. The van der Waals surface area contributed by atoms with Crippen molar-refractivity contribution in [1.29, 1.82) is 0 Å². The summed E-state index contributed by atoms with van der Waals surface area (Å²) >= 11 is 0. The van der Waals surface area contributed by atoms with Gasteiger partial charge in [-0.05, 0) is 25.1 Å². The van der Waals surface area contributed by atoms with Crippen LogP contribution < -0.4 is 10.1 Å². The van der Waals surface area contributed by atoms with Crippen LogP contribution in [0.3, 0.4) is 0 Å². The summed E-state index contributed by atoms with van der Waals surface area (Å²) in [5.74, 6) is -0.106. The standard InChI is InChI=1S/C22H22F3N5O/c1-30-8-6-13(7-9-30)17-10-16-19(22(29-17)31-2)27-12-28-21(16)26-11-14-4-3-5-15(18(14)23)20(24)25/h3-6,10,12,20H,7-9,11H2,1-2H3,(H,26,27,28). The van der Waals surface area contributed by atoms with E-state index >= 15 is 0 Å². The van der Waals surface area contributed by atoms with Gasteiger partial charge in [0.2, 0.25) is 5.88 Å². The van der Waals surface area contributed by atoms with E-state index in [0.717, 1.165) is 36.8 Å². The van der Waals surface area contributed by atoms with Gasteiger partial charge in [-0.1, -0.05) is 24.3 Å². The lowest BCUT2D eigenvalue weighted by Gasteiger charge is -2.22. The van der Waals surface area contributed by atoms with Gasteiger partial charge in [0, 0.05) is 25.2 Å². The van der Waals surface area contributed by atoms with Crippen molar-refractivity contribution < 1.29 is 17.9 Å². The number of anilines is 1. The molecule has 1 aromatic carbocycles. The molecule has 0 bridgehead atoms. The third-order valence-corrected chi connectivity index (χ3v) is 5.31. The Morgan fingerprint density at radius 3 is 2.81 bits per heavy atom. The second kappa shape index (κ2) is 8.89. The first kappa shape index (κ1) is 21.0. The second-order valence-electron chi connectivity index (χ2n) is 7.35. The van der Waals surface area contributed by atoms with Crippen molar-refractivity contribution in [3.63, 3.8) is 0 Å². The Labute approximate surface area is 177 Å². The fourth-order valence-corrected chi connectivity index (χ4v) is 3.57. The summed E-state index contributed by atoms with van der Waals surface area (Å²) in [5.41, 5.74) is 1.89. The average molecular weight is 429 g/mol. The first-order valence-corrected chi connectivity index (χ1v) is 9.85. The van der Waals surface area contributed by atoms with Gasteiger partial charge in [-0.15, -0.1) is 0 Å². The van der Waals surface area contributed by atoms with E-state index in [4.69, 9.17) is 4.74 Å². The highest BCUT2D eigenvalue weighted by Gasteiger charge is 2.18. The van der Waals surface area contributed by atoms with Gasteiger partial charge >= 0.3 is 0 Å². The number of halogens is 3. The lowest BCUT2D eigenvalue weighted by atomic mass is 10.0. The van der Waals surface area contributed by atoms with E-state index in [2.05, 4.69) is 38.3 Å². The maximum Gasteiger partial charge on any atom is 0.266 e. The molecular weight excluding hydrogens is 407 g/mol. The fraction of sp³-hybridized carbons (Fsp3) is 0.318.